The third-order valence-electron chi connectivity index (χ3n) is 3.37. The van der Waals surface area contributed by atoms with E-state index in [0.29, 0.717) is 0 Å². The van der Waals surface area contributed by atoms with Crippen molar-refractivity contribution in [3.8, 4) is 0 Å². The number of benzene rings is 2. The second kappa shape index (κ2) is 5.47. The quantitative estimate of drug-likeness (QED) is 0.758. The Morgan fingerprint density at radius 1 is 1.05 bits per heavy atom. The van der Waals surface area contributed by atoms with Crippen LogP contribution in [0.25, 0.3) is 10.1 Å². The molecule has 1 unspecified atom stereocenters. The zero-order valence-electron chi connectivity index (χ0n) is 11.2. The topological polar surface area (TPSA) is 29.1 Å². The first-order valence-corrected chi connectivity index (χ1v) is 7.46. The van der Waals surface area contributed by atoms with Crippen molar-refractivity contribution in [3.05, 3.63) is 71.1 Å². The minimum atomic E-state index is -0.0150. The highest BCUT2D eigenvalue weighted by Gasteiger charge is 2.14. The number of carbonyl (C=O) groups is 1. The second-order valence-corrected chi connectivity index (χ2v) is 5.66. The summed E-state index contributed by atoms with van der Waals surface area (Å²) in [4.78, 5) is 12.4. The van der Waals surface area contributed by atoms with E-state index in [0.717, 1.165) is 21.2 Å². The maximum absolute atomic E-state index is 12.4. The van der Waals surface area contributed by atoms with Crippen LogP contribution in [0.1, 0.15) is 28.9 Å². The molecular formula is C17H15NOS. The van der Waals surface area contributed by atoms with Crippen LogP contribution in [-0.2, 0) is 0 Å². The molecule has 0 spiro atoms. The number of rotatable bonds is 3. The van der Waals surface area contributed by atoms with Crippen LogP contribution < -0.4 is 5.32 Å². The summed E-state index contributed by atoms with van der Waals surface area (Å²) in [6.07, 6.45) is 0. The van der Waals surface area contributed by atoms with Gasteiger partial charge in [-0.3, -0.25) is 4.79 Å². The van der Waals surface area contributed by atoms with Crippen molar-refractivity contribution in [3.63, 3.8) is 0 Å². The standard InChI is InChI=1S/C17H15NOS/c1-12(13-7-3-2-4-8-13)18-17(19)15-11-20-16-10-6-5-9-14(15)16/h2-12H,1H3,(H,18,19). The predicted molar refractivity (Wildman–Crippen MR) is 84.1 cm³/mol. The summed E-state index contributed by atoms with van der Waals surface area (Å²) in [7, 11) is 0. The van der Waals surface area contributed by atoms with Gasteiger partial charge in [-0.25, -0.2) is 0 Å². The van der Waals surface area contributed by atoms with E-state index in [9.17, 15) is 4.79 Å². The van der Waals surface area contributed by atoms with Crippen molar-refractivity contribution >= 4 is 27.3 Å². The van der Waals surface area contributed by atoms with Gasteiger partial charge in [0.1, 0.15) is 0 Å². The third kappa shape index (κ3) is 2.45. The fourth-order valence-corrected chi connectivity index (χ4v) is 3.19. The van der Waals surface area contributed by atoms with Gasteiger partial charge in [-0.15, -0.1) is 11.3 Å². The molecule has 1 heterocycles. The fourth-order valence-electron chi connectivity index (χ4n) is 2.25. The van der Waals surface area contributed by atoms with Gasteiger partial charge in [0.2, 0.25) is 0 Å². The Morgan fingerprint density at radius 2 is 1.75 bits per heavy atom. The number of nitrogens with one attached hydrogen (secondary N) is 1. The van der Waals surface area contributed by atoms with Crippen molar-refractivity contribution in [1.82, 2.24) is 5.32 Å². The van der Waals surface area contributed by atoms with Crippen LogP contribution in [0.15, 0.2) is 60.0 Å². The van der Waals surface area contributed by atoms with E-state index in [2.05, 4.69) is 5.32 Å². The first kappa shape index (κ1) is 12.9. The molecule has 0 radical (unpaired) electrons. The Kier molecular flexibility index (Phi) is 3.52. The molecule has 1 atom stereocenters. The number of carbonyl (C=O) groups excluding carboxylic acids is 1. The molecule has 1 amide bonds. The number of amides is 1. The van der Waals surface area contributed by atoms with Crippen LogP contribution in [0.3, 0.4) is 0 Å². The molecule has 0 fully saturated rings. The lowest BCUT2D eigenvalue weighted by molar-refractivity contribution is 0.0942. The van der Waals surface area contributed by atoms with E-state index < -0.39 is 0 Å². The first-order chi connectivity index (χ1) is 9.75. The highest BCUT2D eigenvalue weighted by molar-refractivity contribution is 7.17. The van der Waals surface area contributed by atoms with E-state index in [1.54, 1.807) is 11.3 Å². The van der Waals surface area contributed by atoms with E-state index in [1.165, 1.54) is 0 Å². The summed E-state index contributed by atoms with van der Waals surface area (Å²) in [6.45, 7) is 2.00. The summed E-state index contributed by atoms with van der Waals surface area (Å²) in [5, 5.41) is 6.01. The molecule has 1 aromatic heterocycles. The highest BCUT2D eigenvalue weighted by atomic mass is 32.1. The Labute approximate surface area is 122 Å². The Bertz CT molecular complexity index is 733. The van der Waals surface area contributed by atoms with Crippen LogP contribution in [0.4, 0.5) is 0 Å². The number of hydrogen-bond donors (Lipinski definition) is 1. The van der Waals surface area contributed by atoms with Crippen molar-refractivity contribution < 1.29 is 4.79 Å². The van der Waals surface area contributed by atoms with Gasteiger partial charge in [0.25, 0.3) is 5.91 Å². The van der Waals surface area contributed by atoms with Crippen LogP contribution in [0.2, 0.25) is 0 Å². The monoisotopic (exact) mass is 281 g/mol. The molecule has 20 heavy (non-hydrogen) atoms. The van der Waals surface area contributed by atoms with E-state index >= 15 is 0 Å². The van der Waals surface area contributed by atoms with Gasteiger partial charge in [0, 0.05) is 15.5 Å². The largest absolute Gasteiger partial charge is 0.345 e. The summed E-state index contributed by atoms with van der Waals surface area (Å²) in [5.41, 5.74) is 1.87. The maximum Gasteiger partial charge on any atom is 0.253 e. The lowest BCUT2D eigenvalue weighted by Crippen LogP contribution is -2.26. The molecule has 0 saturated heterocycles. The van der Waals surface area contributed by atoms with Crippen LogP contribution in [0, 0.1) is 0 Å². The van der Waals surface area contributed by atoms with Crippen LogP contribution in [-0.4, -0.2) is 5.91 Å². The molecule has 2 nitrogen and oxygen atoms in total. The minimum Gasteiger partial charge on any atom is -0.345 e. The van der Waals surface area contributed by atoms with E-state index in [1.807, 2.05) is 66.9 Å². The normalized spacial score (nSPS) is 12.2. The maximum atomic E-state index is 12.4. The third-order valence-corrected chi connectivity index (χ3v) is 4.34. The molecule has 2 aromatic carbocycles. The average Bonchev–Trinajstić information content (AvgIpc) is 2.92. The fraction of sp³-hybridized carbons (Fsp3) is 0.118. The van der Waals surface area contributed by atoms with E-state index in [4.69, 9.17) is 0 Å². The number of fused-ring (bicyclic) bond motifs is 1. The van der Waals surface area contributed by atoms with Gasteiger partial charge < -0.3 is 5.32 Å². The molecular weight excluding hydrogens is 266 g/mol. The Balaban J connectivity index is 1.83. The summed E-state index contributed by atoms with van der Waals surface area (Å²) in [6, 6.07) is 18.0. The first-order valence-electron chi connectivity index (χ1n) is 6.58. The zero-order chi connectivity index (χ0) is 13.9. The van der Waals surface area contributed by atoms with Gasteiger partial charge >= 0.3 is 0 Å². The molecule has 100 valence electrons. The molecule has 0 bridgehead atoms. The molecule has 0 aliphatic heterocycles. The molecule has 3 aromatic rings. The van der Waals surface area contributed by atoms with Crippen molar-refractivity contribution in [1.29, 1.82) is 0 Å². The highest BCUT2D eigenvalue weighted by Crippen LogP contribution is 2.26. The second-order valence-electron chi connectivity index (χ2n) is 4.75. The summed E-state index contributed by atoms with van der Waals surface area (Å²) >= 11 is 1.60. The molecule has 3 heteroatoms. The molecule has 0 saturated carbocycles. The Morgan fingerprint density at radius 3 is 2.55 bits per heavy atom. The lowest BCUT2D eigenvalue weighted by Gasteiger charge is -2.13. The predicted octanol–water partition coefficient (Wildman–Crippen LogP) is 4.39. The minimum absolute atomic E-state index is 0.00219. The van der Waals surface area contributed by atoms with Gasteiger partial charge in [-0.2, -0.15) is 0 Å². The van der Waals surface area contributed by atoms with Crippen LogP contribution >= 0.6 is 11.3 Å². The lowest BCUT2D eigenvalue weighted by atomic mass is 10.1. The Hall–Kier alpha value is -2.13. The molecule has 3 rings (SSSR count). The van der Waals surface area contributed by atoms with Crippen LogP contribution in [0.5, 0.6) is 0 Å². The number of hydrogen-bond acceptors (Lipinski definition) is 2. The average molecular weight is 281 g/mol. The van der Waals surface area contributed by atoms with E-state index in [-0.39, 0.29) is 11.9 Å². The van der Waals surface area contributed by atoms with Gasteiger partial charge in [-0.05, 0) is 18.6 Å². The van der Waals surface area contributed by atoms with Crippen molar-refractivity contribution in [2.75, 3.05) is 0 Å². The molecule has 0 aliphatic carbocycles. The van der Waals surface area contributed by atoms with Gasteiger partial charge in [0.15, 0.2) is 0 Å². The van der Waals surface area contributed by atoms with Crippen molar-refractivity contribution in [2.45, 2.75) is 13.0 Å². The molecule has 0 aliphatic rings. The zero-order valence-corrected chi connectivity index (χ0v) is 12.0. The molecule has 1 N–H and O–H groups in total. The smallest absolute Gasteiger partial charge is 0.253 e. The van der Waals surface area contributed by atoms with Gasteiger partial charge in [-0.1, -0.05) is 48.5 Å². The number of thiophene rings is 1. The summed E-state index contributed by atoms with van der Waals surface area (Å²) in [5.74, 6) is -0.0150. The SMILES string of the molecule is CC(NC(=O)c1csc2ccccc12)c1ccccc1. The van der Waals surface area contributed by atoms with Crippen molar-refractivity contribution in [2.24, 2.45) is 0 Å². The summed E-state index contributed by atoms with van der Waals surface area (Å²) < 4.78 is 1.14. The van der Waals surface area contributed by atoms with Gasteiger partial charge in [0.05, 0.1) is 11.6 Å².